The Bertz CT molecular complexity index is 445. The van der Waals surface area contributed by atoms with Gasteiger partial charge in [-0.1, -0.05) is 19.1 Å². The summed E-state index contributed by atoms with van der Waals surface area (Å²) in [5.41, 5.74) is 0.124. The minimum atomic E-state index is -0.381. The van der Waals surface area contributed by atoms with Crippen LogP contribution in [0.2, 0.25) is 0 Å². The van der Waals surface area contributed by atoms with Gasteiger partial charge >= 0.3 is 0 Å². The first-order valence-electron chi connectivity index (χ1n) is 5.68. The maximum Gasteiger partial charge on any atom is 0.282 e. The molecule has 5 nitrogen and oxygen atoms in total. The van der Waals surface area contributed by atoms with Crippen LogP contribution in [0.1, 0.15) is 13.3 Å². The Balaban J connectivity index is 2.54. The fourth-order valence-electron chi connectivity index (χ4n) is 1.48. The average Bonchev–Trinajstić information content (AvgIpc) is 2.38. The Morgan fingerprint density at radius 1 is 1.56 bits per heavy atom. The van der Waals surface area contributed by atoms with Crippen LogP contribution in [0, 0.1) is 21.4 Å². The third kappa shape index (κ3) is 4.35. The summed E-state index contributed by atoms with van der Waals surface area (Å²) in [7, 11) is 0. The van der Waals surface area contributed by atoms with Gasteiger partial charge in [0.15, 0.2) is 0 Å². The van der Waals surface area contributed by atoms with E-state index in [4.69, 9.17) is 5.26 Å². The van der Waals surface area contributed by atoms with E-state index in [9.17, 15) is 10.1 Å². The Morgan fingerprint density at radius 2 is 2.28 bits per heavy atom. The minimum absolute atomic E-state index is 0.124. The first-order chi connectivity index (χ1) is 8.69. The van der Waals surface area contributed by atoms with E-state index in [1.165, 1.54) is 17.8 Å². The lowest BCUT2D eigenvalue weighted by atomic mass is 10.2. The lowest BCUT2D eigenvalue weighted by molar-refractivity contribution is -0.387. The molecule has 96 valence electrons. The van der Waals surface area contributed by atoms with E-state index in [1.54, 1.807) is 18.2 Å². The molecule has 1 aromatic rings. The smallest absolute Gasteiger partial charge is 0.282 e. The Labute approximate surface area is 110 Å². The molecular weight excluding hydrogens is 250 g/mol. The standard InChI is InChI=1S/C12H15N3O2S/c1-2-14-10(9-13)7-8-18-12-6-4-3-5-11(12)15(16)17/h3-6,10,14H,2,7-8H2,1H3. The molecule has 0 saturated heterocycles. The molecule has 0 saturated carbocycles. The molecule has 0 bridgehead atoms. The van der Waals surface area contributed by atoms with Crippen LogP contribution in [0.5, 0.6) is 0 Å². The van der Waals surface area contributed by atoms with Crippen molar-refractivity contribution < 1.29 is 4.92 Å². The van der Waals surface area contributed by atoms with Crippen LogP contribution < -0.4 is 5.32 Å². The predicted octanol–water partition coefficient (Wildman–Crippen LogP) is 2.58. The largest absolute Gasteiger partial charge is 0.302 e. The predicted molar refractivity (Wildman–Crippen MR) is 71.5 cm³/mol. The molecule has 1 aromatic carbocycles. The second-order valence-electron chi connectivity index (χ2n) is 3.60. The highest BCUT2D eigenvalue weighted by Gasteiger charge is 2.13. The van der Waals surface area contributed by atoms with Crippen LogP contribution in [0.4, 0.5) is 5.69 Å². The van der Waals surface area contributed by atoms with Crippen LogP contribution in [0.25, 0.3) is 0 Å². The van der Waals surface area contributed by atoms with Crippen LogP contribution in [-0.4, -0.2) is 23.3 Å². The molecule has 0 fully saturated rings. The van der Waals surface area contributed by atoms with Crippen molar-refractivity contribution in [2.45, 2.75) is 24.3 Å². The molecule has 0 aromatic heterocycles. The number of hydrogen-bond donors (Lipinski definition) is 1. The quantitative estimate of drug-likeness (QED) is 0.465. The summed E-state index contributed by atoms with van der Waals surface area (Å²) in [6.07, 6.45) is 0.668. The fourth-order valence-corrected chi connectivity index (χ4v) is 2.51. The summed E-state index contributed by atoms with van der Waals surface area (Å²) in [4.78, 5) is 11.1. The second kappa shape index (κ2) is 7.69. The third-order valence-corrected chi connectivity index (χ3v) is 3.43. The number of rotatable bonds is 7. The van der Waals surface area contributed by atoms with E-state index in [0.717, 1.165) is 6.54 Å². The molecule has 1 unspecified atom stereocenters. The van der Waals surface area contributed by atoms with E-state index in [2.05, 4.69) is 11.4 Å². The van der Waals surface area contributed by atoms with Gasteiger partial charge in [-0.2, -0.15) is 5.26 Å². The molecule has 18 heavy (non-hydrogen) atoms. The first kappa shape index (κ1) is 14.5. The van der Waals surface area contributed by atoms with Crippen molar-refractivity contribution in [3.05, 3.63) is 34.4 Å². The molecule has 0 aliphatic rings. The van der Waals surface area contributed by atoms with Gasteiger partial charge in [0.1, 0.15) is 0 Å². The molecule has 1 N–H and O–H groups in total. The molecule has 1 atom stereocenters. The van der Waals surface area contributed by atoms with Gasteiger partial charge in [-0.15, -0.1) is 11.8 Å². The molecule has 0 heterocycles. The normalized spacial score (nSPS) is 11.8. The zero-order valence-corrected chi connectivity index (χ0v) is 10.9. The number of benzene rings is 1. The summed E-state index contributed by atoms with van der Waals surface area (Å²) in [6, 6.07) is 8.64. The van der Waals surface area contributed by atoms with Gasteiger partial charge in [-0.25, -0.2) is 0 Å². The lowest BCUT2D eigenvalue weighted by Gasteiger charge is -2.09. The SMILES string of the molecule is CCNC(C#N)CCSc1ccccc1[N+](=O)[O-]. The summed E-state index contributed by atoms with van der Waals surface area (Å²) in [5, 5.41) is 22.7. The van der Waals surface area contributed by atoms with Crippen molar-refractivity contribution in [3.8, 4) is 6.07 Å². The van der Waals surface area contributed by atoms with E-state index in [-0.39, 0.29) is 16.7 Å². The van der Waals surface area contributed by atoms with Crippen molar-refractivity contribution >= 4 is 17.4 Å². The summed E-state index contributed by atoms with van der Waals surface area (Å²) < 4.78 is 0. The van der Waals surface area contributed by atoms with Crippen LogP contribution in [-0.2, 0) is 0 Å². The maximum atomic E-state index is 10.8. The minimum Gasteiger partial charge on any atom is -0.302 e. The third-order valence-electron chi connectivity index (χ3n) is 2.33. The van der Waals surface area contributed by atoms with Gasteiger partial charge in [-0.05, 0) is 19.0 Å². The Morgan fingerprint density at radius 3 is 2.89 bits per heavy atom. The molecule has 1 rings (SSSR count). The van der Waals surface area contributed by atoms with Crippen molar-refractivity contribution in [2.24, 2.45) is 0 Å². The van der Waals surface area contributed by atoms with Crippen molar-refractivity contribution in [1.29, 1.82) is 5.26 Å². The number of nitrogens with zero attached hydrogens (tertiary/aromatic N) is 2. The Kier molecular flexibility index (Phi) is 6.19. The number of nitrogens with one attached hydrogen (secondary N) is 1. The second-order valence-corrected chi connectivity index (χ2v) is 4.74. The van der Waals surface area contributed by atoms with E-state index in [0.29, 0.717) is 17.1 Å². The molecule has 0 aliphatic heterocycles. The topological polar surface area (TPSA) is 79.0 Å². The lowest BCUT2D eigenvalue weighted by Crippen LogP contribution is -2.27. The molecule has 0 spiro atoms. The summed E-state index contributed by atoms with van der Waals surface area (Å²) in [5.74, 6) is 0.677. The van der Waals surface area contributed by atoms with Crippen molar-refractivity contribution in [2.75, 3.05) is 12.3 Å². The number of para-hydroxylation sites is 1. The fraction of sp³-hybridized carbons (Fsp3) is 0.417. The van der Waals surface area contributed by atoms with Crippen molar-refractivity contribution in [1.82, 2.24) is 5.32 Å². The molecule has 6 heteroatoms. The van der Waals surface area contributed by atoms with Gasteiger partial charge < -0.3 is 5.32 Å². The molecular formula is C12H15N3O2S. The number of nitro groups is 1. The molecule has 0 radical (unpaired) electrons. The number of nitro benzene ring substituents is 1. The van der Waals surface area contributed by atoms with Gasteiger partial charge in [0.05, 0.1) is 21.9 Å². The van der Waals surface area contributed by atoms with Gasteiger partial charge in [0.25, 0.3) is 5.69 Å². The van der Waals surface area contributed by atoms with Crippen LogP contribution >= 0.6 is 11.8 Å². The highest BCUT2D eigenvalue weighted by Crippen LogP contribution is 2.29. The van der Waals surface area contributed by atoms with E-state index < -0.39 is 0 Å². The van der Waals surface area contributed by atoms with Crippen LogP contribution in [0.15, 0.2) is 29.2 Å². The van der Waals surface area contributed by atoms with Crippen molar-refractivity contribution in [3.63, 3.8) is 0 Å². The average molecular weight is 265 g/mol. The highest BCUT2D eigenvalue weighted by atomic mass is 32.2. The molecule has 0 aliphatic carbocycles. The number of nitriles is 1. The highest BCUT2D eigenvalue weighted by molar-refractivity contribution is 7.99. The van der Waals surface area contributed by atoms with Gasteiger partial charge in [0, 0.05) is 11.8 Å². The van der Waals surface area contributed by atoms with Crippen LogP contribution in [0.3, 0.4) is 0 Å². The van der Waals surface area contributed by atoms with E-state index in [1.807, 2.05) is 6.92 Å². The molecule has 0 amide bonds. The van der Waals surface area contributed by atoms with Gasteiger partial charge in [0.2, 0.25) is 0 Å². The summed E-state index contributed by atoms with van der Waals surface area (Å²) >= 11 is 1.41. The number of thioether (sulfide) groups is 1. The first-order valence-corrected chi connectivity index (χ1v) is 6.66. The maximum absolute atomic E-state index is 10.8. The zero-order valence-electron chi connectivity index (χ0n) is 10.1. The number of hydrogen-bond acceptors (Lipinski definition) is 5. The zero-order chi connectivity index (χ0) is 13.4. The summed E-state index contributed by atoms with van der Waals surface area (Å²) in [6.45, 7) is 2.69. The Hall–Kier alpha value is -1.58. The monoisotopic (exact) mass is 265 g/mol. The van der Waals surface area contributed by atoms with Gasteiger partial charge in [-0.3, -0.25) is 10.1 Å². The van der Waals surface area contributed by atoms with E-state index >= 15 is 0 Å².